The normalized spacial score (nSPS) is 30.9. The van der Waals surface area contributed by atoms with Crippen molar-refractivity contribution in [1.29, 1.82) is 0 Å². The third kappa shape index (κ3) is 2.26. The number of likely N-dealkylation sites (tertiary alicyclic amines) is 1. The van der Waals surface area contributed by atoms with Crippen LogP contribution in [-0.2, 0) is 9.59 Å². The maximum Gasteiger partial charge on any atom is 0.233 e. The first-order valence-electron chi connectivity index (χ1n) is 6.19. The van der Waals surface area contributed by atoms with Crippen molar-refractivity contribution in [3.8, 4) is 0 Å². The molecule has 1 aliphatic heterocycles. The Morgan fingerprint density at radius 3 is 2.88 bits per heavy atom. The van der Waals surface area contributed by atoms with Gasteiger partial charge < -0.3 is 5.32 Å². The summed E-state index contributed by atoms with van der Waals surface area (Å²) in [5.74, 6) is 0.665. The molecule has 1 heterocycles. The van der Waals surface area contributed by atoms with Gasteiger partial charge in [0.1, 0.15) is 5.78 Å². The number of likely N-dealkylation sites (N-methyl/N-ethyl adjacent to an activating group) is 1. The Morgan fingerprint density at radius 2 is 2.25 bits per heavy atom. The molecule has 0 aromatic heterocycles. The fourth-order valence-electron chi connectivity index (χ4n) is 3.02. The zero-order chi connectivity index (χ0) is 11.5. The molecule has 90 valence electrons. The molecule has 1 saturated carbocycles. The second-order valence-electron chi connectivity index (χ2n) is 4.82. The molecular weight excluding hydrogens is 204 g/mol. The summed E-state index contributed by atoms with van der Waals surface area (Å²) in [7, 11) is 1.66. The molecule has 1 amide bonds. The summed E-state index contributed by atoms with van der Waals surface area (Å²) in [6, 6.07) is 0.326. The summed E-state index contributed by atoms with van der Waals surface area (Å²) in [5.41, 5.74) is 0. The number of Topliss-reactive ketones (excluding diaryl/α,β-unsaturated/α-hetero) is 1. The van der Waals surface area contributed by atoms with Gasteiger partial charge in [-0.15, -0.1) is 0 Å². The minimum atomic E-state index is 0.0531. The van der Waals surface area contributed by atoms with E-state index in [0.717, 1.165) is 38.6 Å². The molecule has 4 heteroatoms. The van der Waals surface area contributed by atoms with Crippen LogP contribution < -0.4 is 5.32 Å². The van der Waals surface area contributed by atoms with Gasteiger partial charge in [0.05, 0.1) is 6.54 Å². The molecular formula is C12H20N2O2. The zero-order valence-corrected chi connectivity index (χ0v) is 9.87. The van der Waals surface area contributed by atoms with Gasteiger partial charge in [-0.05, 0) is 32.2 Å². The maximum atomic E-state index is 11.7. The average molecular weight is 224 g/mol. The number of hydrogen-bond donors (Lipinski definition) is 1. The molecule has 2 unspecified atom stereocenters. The van der Waals surface area contributed by atoms with E-state index < -0.39 is 0 Å². The Labute approximate surface area is 96.4 Å². The summed E-state index contributed by atoms with van der Waals surface area (Å²) in [5, 5.41) is 2.65. The van der Waals surface area contributed by atoms with Crippen LogP contribution in [0.2, 0.25) is 0 Å². The van der Waals surface area contributed by atoms with Gasteiger partial charge in [0.2, 0.25) is 5.91 Å². The minimum Gasteiger partial charge on any atom is -0.358 e. The Balaban J connectivity index is 1.97. The van der Waals surface area contributed by atoms with Gasteiger partial charge in [-0.2, -0.15) is 0 Å². The summed E-state index contributed by atoms with van der Waals surface area (Å²) in [4.78, 5) is 25.3. The Kier molecular flexibility index (Phi) is 3.59. The first kappa shape index (κ1) is 11.6. The summed E-state index contributed by atoms with van der Waals surface area (Å²) in [6.45, 7) is 1.41. The van der Waals surface area contributed by atoms with Gasteiger partial charge in [-0.25, -0.2) is 0 Å². The fourth-order valence-corrected chi connectivity index (χ4v) is 3.02. The number of hydrogen-bond acceptors (Lipinski definition) is 3. The molecule has 16 heavy (non-hydrogen) atoms. The quantitative estimate of drug-likeness (QED) is 0.762. The maximum absolute atomic E-state index is 11.7. The van der Waals surface area contributed by atoms with Gasteiger partial charge in [0, 0.05) is 25.4 Å². The molecule has 0 bridgehead atoms. The van der Waals surface area contributed by atoms with E-state index in [2.05, 4.69) is 10.2 Å². The summed E-state index contributed by atoms with van der Waals surface area (Å²) >= 11 is 0. The van der Waals surface area contributed by atoms with E-state index in [9.17, 15) is 9.59 Å². The summed E-state index contributed by atoms with van der Waals surface area (Å²) in [6.07, 6.45) is 5.00. The third-order valence-corrected chi connectivity index (χ3v) is 3.86. The molecule has 0 aromatic carbocycles. The van der Waals surface area contributed by atoms with Crippen LogP contribution in [-0.4, -0.2) is 42.8 Å². The second kappa shape index (κ2) is 4.95. The lowest BCUT2D eigenvalue weighted by atomic mass is 9.95. The van der Waals surface area contributed by atoms with Crippen LogP contribution >= 0.6 is 0 Å². The van der Waals surface area contributed by atoms with Crippen LogP contribution in [0.3, 0.4) is 0 Å². The molecule has 0 spiro atoms. The highest BCUT2D eigenvalue weighted by Crippen LogP contribution is 2.32. The van der Waals surface area contributed by atoms with E-state index in [1.165, 1.54) is 0 Å². The van der Waals surface area contributed by atoms with Gasteiger partial charge in [0.15, 0.2) is 0 Å². The molecule has 2 aliphatic rings. The highest BCUT2D eigenvalue weighted by Gasteiger charge is 2.38. The second-order valence-corrected chi connectivity index (χ2v) is 4.82. The van der Waals surface area contributed by atoms with Crippen molar-refractivity contribution < 1.29 is 9.59 Å². The van der Waals surface area contributed by atoms with Crippen LogP contribution in [0.5, 0.6) is 0 Å². The van der Waals surface area contributed by atoms with E-state index in [1.54, 1.807) is 7.05 Å². The Hall–Kier alpha value is -0.900. The predicted molar refractivity (Wildman–Crippen MR) is 61.0 cm³/mol. The van der Waals surface area contributed by atoms with Crippen molar-refractivity contribution in [1.82, 2.24) is 10.2 Å². The minimum absolute atomic E-state index is 0.0531. The predicted octanol–water partition coefficient (Wildman–Crippen LogP) is 0.566. The molecule has 1 saturated heterocycles. The number of nitrogens with zero attached hydrogens (tertiary/aromatic N) is 1. The first-order valence-corrected chi connectivity index (χ1v) is 6.19. The molecule has 0 radical (unpaired) electrons. The van der Waals surface area contributed by atoms with Crippen molar-refractivity contribution in [2.45, 2.75) is 38.1 Å². The monoisotopic (exact) mass is 224 g/mol. The van der Waals surface area contributed by atoms with Crippen LogP contribution in [0, 0.1) is 5.92 Å². The lowest BCUT2D eigenvalue weighted by molar-refractivity contribution is -0.125. The van der Waals surface area contributed by atoms with Crippen LogP contribution in [0.4, 0.5) is 0 Å². The molecule has 1 aliphatic carbocycles. The Morgan fingerprint density at radius 1 is 1.44 bits per heavy atom. The molecule has 2 atom stereocenters. The van der Waals surface area contributed by atoms with Crippen LogP contribution in [0.25, 0.3) is 0 Å². The van der Waals surface area contributed by atoms with Crippen molar-refractivity contribution in [3.63, 3.8) is 0 Å². The molecule has 1 N–H and O–H groups in total. The van der Waals surface area contributed by atoms with Crippen LogP contribution in [0.15, 0.2) is 0 Å². The first-order chi connectivity index (χ1) is 7.72. The topological polar surface area (TPSA) is 49.4 Å². The molecule has 2 rings (SSSR count). The highest BCUT2D eigenvalue weighted by molar-refractivity contribution is 5.84. The van der Waals surface area contributed by atoms with E-state index in [4.69, 9.17) is 0 Å². The largest absolute Gasteiger partial charge is 0.358 e. The van der Waals surface area contributed by atoms with Crippen molar-refractivity contribution in [2.75, 3.05) is 20.1 Å². The average Bonchev–Trinajstić information content (AvgIpc) is 2.86. The highest BCUT2D eigenvalue weighted by atomic mass is 16.2. The van der Waals surface area contributed by atoms with E-state index >= 15 is 0 Å². The third-order valence-electron chi connectivity index (χ3n) is 3.86. The number of ketones is 1. The molecule has 0 aromatic rings. The number of carbonyl (C=O) groups excluding carboxylic acids is 2. The van der Waals surface area contributed by atoms with Gasteiger partial charge in [-0.1, -0.05) is 0 Å². The summed E-state index contributed by atoms with van der Waals surface area (Å²) < 4.78 is 0. The lowest BCUT2D eigenvalue weighted by Gasteiger charge is -2.27. The van der Waals surface area contributed by atoms with Crippen LogP contribution in [0.1, 0.15) is 32.1 Å². The Bertz CT molecular complexity index is 291. The fraction of sp³-hybridized carbons (Fsp3) is 0.833. The van der Waals surface area contributed by atoms with E-state index in [0.29, 0.717) is 18.4 Å². The van der Waals surface area contributed by atoms with E-state index in [1.807, 2.05) is 0 Å². The molecule has 2 fully saturated rings. The SMILES string of the molecule is CNC(=O)CN1CCCC1C1CCCC1=O. The van der Waals surface area contributed by atoms with Crippen molar-refractivity contribution in [3.05, 3.63) is 0 Å². The van der Waals surface area contributed by atoms with Gasteiger partial charge in [-0.3, -0.25) is 14.5 Å². The zero-order valence-electron chi connectivity index (χ0n) is 9.87. The number of rotatable bonds is 3. The number of carbonyl (C=O) groups is 2. The van der Waals surface area contributed by atoms with Gasteiger partial charge >= 0.3 is 0 Å². The number of nitrogens with one attached hydrogen (secondary N) is 1. The van der Waals surface area contributed by atoms with Gasteiger partial charge in [0.25, 0.3) is 0 Å². The van der Waals surface area contributed by atoms with Crippen molar-refractivity contribution >= 4 is 11.7 Å². The van der Waals surface area contributed by atoms with E-state index in [-0.39, 0.29) is 11.8 Å². The molecule has 4 nitrogen and oxygen atoms in total. The van der Waals surface area contributed by atoms with Crippen molar-refractivity contribution in [2.24, 2.45) is 5.92 Å². The smallest absolute Gasteiger partial charge is 0.233 e. The standard InChI is InChI=1S/C12H20N2O2/c1-13-12(16)8-14-7-3-5-10(14)9-4-2-6-11(9)15/h9-10H,2-8H2,1H3,(H,13,16). The lowest BCUT2D eigenvalue weighted by Crippen LogP contribution is -2.42. The number of amides is 1.